The lowest BCUT2D eigenvalue weighted by atomic mass is 9.99. The maximum Gasteiger partial charge on any atom is 0.335 e. The largest absolute Gasteiger partial charge is 0.463 e. The van der Waals surface area contributed by atoms with Crippen LogP contribution in [0.1, 0.15) is 24.1 Å². The Kier molecular flexibility index (Phi) is 6.29. The summed E-state index contributed by atoms with van der Waals surface area (Å²) < 4.78 is 33.9. The third-order valence-corrected chi connectivity index (χ3v) is 7.30. The number of nitrogens with zero attached hydrogens (tertiary/aromatic N) is 1. The van der Waals surface area contributed by atoms with Crippen molar-refractivity contribution < 1.29 is 17.9 Å². The van der Waals surface area contributed by atoms with E-state index >= 15 is 0 Å². The third-order valence-electron chi connectivity index (χ3n) is 4.50. The number of aryl methyl sites for hydroxylation is 1. The summed E-state index contributed by atoms with van der Waals surface area (Å²) >= 11 is 9.44. The molecule has 0 saturated heterocycles. The molecule has 8 heteroatoms. The van der Waals surface area contributed by atoms with Crippen LogP contribution >= 0.6 is 27.5 Å². The van der Waals surface area contributed by atoms with Crippen molar-refractivity contribution >= 4 is 43.5 Å². The monoisotopic (exact) mass is 483 g/mol. The standard InChI is InChI=1S/C20H19BrClNO4S/c1-3-27-20(24)17-10-11-23(19(17)14-4-9-18(22)13(2)12-14)28(25,26)16-7-5-15(21)6-8-16/h4-10,12,19H,3,11H2,1-2H3. The highest BCUT2D eigenvalue weighted by Crippen LogP contribution is 2.39. The average molecular weight is 485 g/mol. The molecule has 2 aromatic carbocycles. The smallest absolute Gasteiger partial charge is 0.335 e. The highest BCUT2D eigenvalue weighted by molar-refractivity contribution is 9.10. The Balaban J connectivity index is 2.08. The molecule has 0 aliphatic carbocycles. The van der Waals surface area contributed by atoms with E-state index in [0.717, 1.165) is 10.0 Å². The molecule has 0 spiro atoms. The van der Waals surface area contributed by atoms with Gasteiger partial charge in [0, 0.05) is 16.0 Å². The van der Waals surface area contributed by atoms with Crippen molar-refractivity contribution in [3.63, 3.8) is 0 Å². The zero-order valence-electron chi connectivity index (χ0n) is 15.4. The van der Waals surface area contributed by atoms with Crippen molar-refractivity contribution in [3.8, 4) is 0 Å². The molecular weight excluding hydrogens is 466 g/mol. The van der Waals surface area contributed by atoms with Gasteiger partial charge in [-0.25, -0.2) is 13.2 Å². The van der Waals surface area contributed by atoms with Gasteiger partial charge in [0.2, 0.25) is 10.0 Å². The van der Waals surface area contributed by atoms with Crippen LogP contribution in [0.2, 0.25) is 5.02 Å². The minimum absolute atomic E-state index is 0.0822. The van der Waals surface area contributed by atoms with E-state index in [0.29, 0.717) is 16.2 Å². The second-order valence-corrected chi connectivity index (χ2v) is 9.53. The summed E-state index contributed by atoms with van der Waals surface area (Å²) in [5.74, 6) is -0.520. The summed E-state index contributed by atoms with van der Waals surface area (Å²) in [6.45, 7) is 3.84. The lowest BCUT2D eigenvalue weighted by molar-refractivity contribution is -0.138. The number of halogens is 2. The van der Waals surface area contributed by atoms with Gasteiger partial charge in [-0.1, -0.05) is 45.7 Å². The molecule has 28 heavy (non-hydrogen) atoms. The Bertz CT molecular complexity index is 1030. The van der Waals surface area contributed by atoms with E-state index in [2.05, 4.69) is 15.9 Å². The number of carbonyl (C=O) groups excluding carboxylic acids is 1. The highest BCUT2D eigenvalue weighted by Gasteiger charge is 2.41. The van der Waals surface area contributed by atoms with Gasteiger partial charge in [-0.15, -0.1) is 0 Å². The van der Waals surface area contributed by atoms with E-state index in [-0.39, 0.29) is 18.0 Å². The molecule has 0 bridgehead atoms. The van der Waals surface area contributed by atoms with Gasteiger partial charge in [0.15, 0.2) is 0 Å². The van der Waals surface area contributed by atoms with Gasteiger partial charge in [-0.3, -0.25) is 0 Å². The van der Waals surface area contributed by atoms with Crippen molar-refractivity contribution in [2.75, 3.05) is 13.2 Å². The molecule has 1 unspecified atom stereocenters. The molecule has 0 saturated carbocycles. The highest BCUT2D eigenvalue weighted by atomic mass is 79.9. The lowest BCUT2D eigenvalue weighted by Crippen LogP contribution is -2.33. The van der Waals surface area contributed by atoms with Gasteiger partial charge in [-0.05, 0) is 55.3 Å². The van der Waals surface area contributed by atoms with E-state index in [1.165, 1.54) is 16.4 Å². The molecule has 0 N–H and O–H groups in total. The normalized spacial score (nSPS) is 17.4. The van der Waals surface area contributed by atoms with Crippen LogP contribution in [0, 0.1) is 6.92 Å². The van der Waals surface area contributed by atoms with Gasteiger partial charge in [0.05, 0.1) is 23.1 Å². The van der Waals surface area contributed by atoms with Gasteiger partial charge < -0.3 is 4.74 Å². The molecule has 0 amide bonds. The fraction of sp³-hybridized carbons (Fsp3) is 0.250. The van der Waals surface area contributed by atoms with Gasteiger partial charge >= 0.3 is 5.97 Å². The van der Waals surface area contributed by atoms with Crippen molar-refractivity contribution in [1.82, 2.24) is 4.31 Å². The van der Waals surface area contributed by atoms with Crippen LogP contribution in [0.15, 0.2) is 63.5 Å². The number of ether oxygens (including phenoxy) is 1. The SMILES string of the molecule is CCOC(=O)C1=CCN(S(=O)(=O)c2ccc(Br)cc2)C1c1ccc(Cl)c(C)c1. The topological polar surface area (TPSA) is 63.7 Å². The fourth-order valence-corrected chi connectivity index (χ4v) is 5.05. The first kappa shape index (κ1) is 21.0. The Morgan fingerprint density at radius 1 is 1.25 bits per heavy atom. The third kappa shape index (κ3) is 4.03. The number of sulfonamides is 1. The summed E-state index contributed by atoms with van der Waals surface area (Å²) in [7, 11) is -3.84. The van der Waals surface area contributed by atoms with Crippen LogP contribution in [0.5, 0.6) is 0 Å². The maximum atomic E-state index is 13.3. The van der Waals surface area contributed by atoms with E-state index in [1.54, 1.807) is 43.3 Å². The minimum Gasteiger partial charge on any atom is -0.463 e. The Hall–Kier alpha value is -1.67. The molecule has 0 radical (unpaired) electrons. The van der Waals surface area contributed by atoms with Crippen LogP contribution in [0.4, 0.5) is 0 Å². The molecule has 1 aliphatic heterocycles. The zero-order valence-corrected chi connectivity index (χ0v) is 18.5. The number of rotatable bonds is 5. The summed E-state index contributed by atoms with van der Waals surface area (Å²) in [4.78, 5) is 12.6. The number of benzene rings is 2. The predicted molar refractivity (Wildman–Crippen MR) is 112 cm³/mol. The molecular formula is C20H19BrClNO4S. The number of hydrogen-bond acceptors (Lipinski definition) is 4. The van der Waals surface area contributed by atoms with Crippen molar-refractivity contribution in [1.29, 1.82) is 0 Å². The zero-order chi connectivity index (χ0) is 20.5. The maximum absolute atomic E-state index is 13.3. The molecule has 2 aromatic rings. The second-order valence-electron chi connectivity index (χ2n) is 6.32. The first-order valence-electron chi connectivity index (χ1n) is 8.66. The summed E-state index contributed by atoms with van der Waals surface area (Å²) in [5, 5.41) is 0.575. The molecule has 5 nitrogen and oxygen atoms in total. The fourth-order valence-electron chi connectivity index (χ4n) is 3.13. The van der Waals surface area contributed by atoms with E-state index in [4.69, 9.17) is 16.3 Å². The first-order valence-corrected chi connectivity index (χ1v) is 11.3. The summed E-state index contributed by atoms with van der Waals surface area (Å²) in [6, 6.07) is 10.9. The van der Waals surface area contributed by atoms with Gasteiger partial charge in [0.25, 0.3) is 0 Å². The van der Waals surface area contributed by atoms with Crippen molar-refractivity contribution in [3.05, 3.63) is 74.7 Å². The number of hydrogen-bond donors (Lipinski definition) is 0. The first-order chi connectivity index (χ1) is 13.3. The summed E-state index contributed by atoms with van der Waals surface area (Å²) in [6.07, 6.45) is 1.61. The van der Waals surface area contributed by atoms with Crippen molar-refractivity contribution in [2.45, 2.75) is 24.8 Å². The summed E-state index contributed by atoms with van der Waals surface area (Å²) in [5.41, 5.74) is 1.78. The van der Waals surface area contributed by atoms with Gasteiger partial charge in [0.1, 0.15) is 0 Å². The second kappa shape index (κ2) is 8.37. The Labute approximate surface area is 178 Å². The van der Waals surface area contributed by atoms with E-state index in [1.807, 2.05) is 6.92 Å². The Morgan fingerprint density at radius 3 is 2.54 bits per heavy atom. The molecule has 0 aromatic heterocycles. The van der Waals surface area contributed by atoms with Crippen LogP contribution in [-0.2, 0) is 19.6 Å². The number of carbonyl (C=O) groups is 1. The van der Waals surface area contributed by atoms with Crippen LogP contribution in [0.3, 0.4) is 0 Å². The quantitative estimate of drug-likeness (QED) is 0.580. The van der Waals surface area contributed by atoms with Gasteiger partial charge in [-0.2, -0.15) is 4.31 Å². The minimum atomic E-state index is -3.84. The number of esters is 1. The molecule has 0 fully saturated rings. The van der Waals surface area contributed by atoms with Crippen LogP contribution in [-0.4, -0.2) is 31.8 Å². The molecule has 3 rings (SSSR count). The van der Waals surface area contributed by atoms with E-state index in [9.17, 15) is 13.2 Å². The van der Waals surface area contributed by atoms with Crippen LogP contribution in [0.25, 0.3) is 0 Å². The predicted octanol–water partition coefficient (Wildman–Crippen LogP) is 4.65. The Morgan fingerprint density at radius 2 is 1.93 bits per heavy atom. The molecule has 1 aliphatic rings. The molecule has 1 atom stereocenters. The molecule has 148 valence electrons. The molecule has 1 heterocycles. The van der Waals surface area contributed by atoms with Crippen molar-refractivity contribution in [2.24, 2.45) is 0 Å². The average Bonchev–Trinajstić information content (AvgIpc) is 3.10. The lowest BCUT2D eigenvalue weighted by Gasteiger charge is -2.27. The van der Waals surface area contributed by atoms with E-state index < -0.39 is 22.0 Å². The van der Waals surface area contributed by atoms with Crippen LogP contribution < -0.4 is 0 Å².